The topological polar surface area (TPSA) is 29.5 Å². The van der Waals surface area contributed by atoms with E-state index in [4.69, 9.17) is 4.74 Å². The minimum absolute atomic E-state index is 0. The van der Waals surface area contributed by atoms with Gasteiger partial charge in [0.15, 0.2) is 6.54 Å². The molecule has 0 radical (unpaired) electrons. The molecule has 0 unspecified atom stereocenters. The summed E-state index contributed by atoms with van der Waals surface area (Å²) in [7, 11) is 0. The maximum atomic E-state index is 12.7. The fourth-order valence-electron chi connectivity index (χ4n) is 3.73. The average Bonchev–Trinajstić information content (AvgIpc) is 2.57. The van der Waals surface area contributed by atoms with Gasteiger partial charge >= 0.3 is 0 Å². The summed E-state index contributed by atoms with van der Waals surface area (Å²) in [6.07, 6.45) is 3.78. The second kappa shape index (κ2) is 8.81. The number of carbonyl (C=O) groups excluding carboxylic acids is 1. The van der Waals surface area contributed by atoms with Gasteiger partial charge in [0.05, 0.1) is 26.3 Å². The first kappa shape index (κ1) is 18.4. The van der Waals surface area contributed by atoms with Crippen LogP contribution in [-0.2, 0) is 16.1 Å². The summed E-state index contributed by atoms with van der Waals surface area (Å²) in [6, 6.07) is 10.6. The molecule has 0 saturated carbocycles. The van der Waals surface area contributed by atoms with Crippen LogP contribution in [-0.4, -0.2) is 61.2 Å². The first-order valence-corrected chi connectivity index (χ1v) is 8.52. The summed E-state index contributed by atoms with van der Waals surface area (Å²) in [6.45, 7) is 6.77. The summed E-state index contributed by atoms with van der Waals surface area (Å²) >= 11 is 0. The summed E-state index contributed by atoms with van der Waals surface area (Å²) in [5.41, 5.74) is 1.35. The van der Waals surface area contributed by atoms with Crippen LogP contribution in [0.3, 0.4) is 0 Å². The van der Waals surface area contributed by atoms with Crippen LogP contribution in [0.25, 0.3) is 0 Å². The zero-order chi connectivity index (χ0) is 15.3. The lowest BCUT2D eigenvalue weighted by atomic mass is 10.0. The number of quaternary nitrogens is 1. The minimum atomic E-state index is 0. The number of ether oxygens (including phenoxy) is 1. The Morgan fingerprint density at radius 2 is 1.70 bits per heavy atom. The standard InChI is InChI=1S/C18H27N2O2.BrH/c21-18(19-9-13-22-14-10-19)16-20(11-5-2-6-12-20)15-17-7-3-1-4-8-17;/h1,3-4,7-8H,2,5-6,9-16H2;1H/q+1;/p-1. The molecule has 5 heteroatoms. The van der Waals surface area contributed by atoms with Gasteiger partial charge in [-0.05, 0) is 19.3 Å². The zero-order valence-electron chi connectivity index (χ0n) is 13.8. The number of carbonyl (C=O) groups is 1. The van der Waals surface area contributed by atoms with Gasteiger partial charge in [-0.25, -0.2) is 0 Å². The Kier molecular flexibility index (Phi) is 7.06. The third-order valence-electron chi connectivity index (χ3n) is 4.96. The monoisotopic (exact) mass is 382 g/mol. The lowest BCUT2D eigenvalue weighted by molar-refractivity contribution is -0.938. The Balaban J connectivity index is 0.00000192. The number of rotatable bonds is 4. The molecule has 128 valence electrons. The lowest BCUT2D eigenvalue weighted by Crippen LogP contribution is -3.00. The number of morpholine rings is 1. The smallest absolute Gasteiger partial charge is 0.278 e. The molecule has 1 amide bonds. The normalized spacial score (nSPS) is 20.6. The van der Waals surface area contributed by atoms with Crippen LogP contribution in [0.1, 0.15) is 24.8 Å². The quantitative estimate of drug-likeness (QED) is 0.628. The molecule has 3 rings (SSSR count). The van der Waals surface area contributed by atoms with Gasteiger partial charge in [-0.2, -0.15) is 0 Å². The molecular formula is C18H27BrN2O2. The predicted molar refractivity (Wildman–Crippen MR) is 86.3 cm³/mol. The van der Waals surface area contributed by atoms with Gasteiger partial charge in [0.2, 0.25) is 0 Å². The van der Waals surface area contributed by atoms with Crippen LogP contribution in [0.2, 0.25) is 0 Å². The molecule has 0 aromatic heterocycles. The number of benzene rings is 1. The van der Waals surface area contributed by atoms with E-state index in [2.05, 4.69) is 30.3 Å². The first-order valence-electron chi connectivity index (χ1n) is 8.52. The number of likely N-dealkylation sites (tertiary alicyclic amines) is 1. The van der Waals surface area contributed by atoms with E-state index >= 15 is 0 Å². The summed E-state index contributed by atoms with van der Waals surface area (Å²) in [4.78, 5) is 14.7. The van der Waals surface area contributed by atoms with Crippen molar-refractivity contribution in [1.29, 1.82) is 0 Å². The van der Waals surface area contributed by atoms with E-state index in [1.165, 1.54) is 24.8 Å². The molecule has 1 aromatic carbocycles. The highest BCUT2D eigenvalue weighted by Crippen LogP contribution is 2.23. The Bertz CT molecular complexity index is 483. The van der Waals surface area contributed by atoms with E-state index < -0.39 is 0 Å². The average molecular weight is 383 g/mol. The summed E-state index contributed by atoms with van der Waals surface area (Å²) in [5.74, 6) is 0.307. The Morgan fingerprint density at radius 1 is 1.04 bits per heavy atom. The first-order chi connectivity index (χ1) is 10.8. The molecule has 0 bridgehead atoms. The van der Waals surface area contributed by atoms with E-state index in [-0.39, 0.29) is 17.0 Å². The highest BCUT2D eigenvalue weighted by atomic mass is 79.9. The molecule has 0 N–H and O–H groups in total. The van der Waals surface area contributed by atoms with Crippen LogP contribution in [0.5, 0.6) is 0 Å². The van der Waals surface area contributed by atoms with Gasteiger partial charge in [0, 0.05) is 18.7 Å². The van der Waals surface area contributed by atoms with Crippen molar-refractivity contribution in [2.75, 3.05) is 45.9 Å². The van der Waals surface area contributed by atoms with Crippen molar-refractivity contribution in [2.45, 2.75) is 25.8 Å². The molecule has 2 aliphatic rings. The van der Waals surface area contributed by atoms with Crippen molar-refractivity contribution in [1.82, 2.24) is 4.90 Å². The Hall–Kier alpha value is -0.910. The van der Waals surface area contributed by atoms with Gasteiger partial charge < -0.3 is 31.1 Å². The van der Waals surface area contributed by atoms with Crippen molar-refractivity contribution < 1.29 is 31.0 Å². The zero-order valence-corrected chi connectivity index (χ0v) is 15.3. The molecular weight excluding hydrogens is 356 g/mol. The highest BCUT2D eigenvalue weighted by molar-refractivity contribution is 5.77. The lowest BCUT2D eigenvalue weighted by Gasteiger charge is -2.42. The maximum Gasteiger partial charge on any atom is 0.278 e. The molecule has 2 aliphatic heterocycles. The van der Waals surface area contributed by atoms with E-state index in [1.54, 1.807) is 0 Å². The van der Waals surface area contributed by atoms with Crippen LogP contribution in [0, 0.1) is 0 Å². The van der Waals surface area contributed by atoms with E-state index in [9.17, 15) is 4.79 Å². The van der Waals surface area contributed by atoms with Crippen LogP contribution in [0.4, 0.5) is 0 Å². The largest absolute Gasteiger partial charge is 1.00 e. The molecule has 4 nitrogen and oxygen atoms in total. The number of hydrogen-bond donors (Lipinski definition) is 0. The van der Waals surface area contributed by atoms with Crippen LogP contribution in [0.15, 0.2) is 30.3 Å². The Labute approximate surface area is 149 Å². The molecule has 0 atom stereocenters. The fourth-order valence-corrected chi connectivity index (χ4v) is 3.73. The molecule has 0 aliphatic carbocycles. The van der Waals surface area contributed by atoms with Gasteiger partial charge in [0.1, 0.15) is 6.54 Å². The summed E-state index contributed by atoms with van der Waals surface area (Å²) in [5, 5.41) is 0. The van der Waals surface area contributed by atoms with E-state index in [1.807, 2.05) is 4.90 Å². The Morgan fingerprint density at radius 3 is 2.35 bits per heavy atom. The predicted octanol–water partition coefficient (Wildman–Crippen LogP) is -0.950. The number of nitrogens with zero attached hydrogens (tertiary/aromatic N) is 2. The van der Waals surface area contributed by atoms with Crippen LogP contribution < -0.4 is 17.0 Å². The van der Waals surface area contributed by atoms with Gasteiger partial charge in [0.25, 0.3) is 5.91 Å². The number of halogens is 1. The van der Waals surface area contributed by atoms with E-state index in [0.717, 1.165) is 37.2 Å². The summed E-state index contributed by atoms with van der Waals surface area (Å²) < 4.78 is 6.29. The van der Waals surface area contributed by atoms with Crippen molar-refractivity contribution in [3.8, 4) is 0 Å². The van der Waals surface area contributed by atoms with Crippen molar-refractivity contribution >= 4 is 5.91 Å². The SMILES string of the molecule is O=C(C[N+]1(Cc2ccccc2)CCCCC1)N1CCOCC1.[Br-]. The van der Waals surface area contributed by atoms with Crippen molar-refractivity contribution in [2.24, 2.45) is 0 Å². The molecule has 2 saturated heterocycles. The van der Waals surface area contributed by atoms with Crippen molar-refractivity contribution in [3.63, 3.8) is 0 Å². The number of amides is 1. The fraction of sp³-hybridized carbons (Fsp3) is 0.611. The molecule has 2 heterocycles. The highest BCUT2D eigenvalue weighted by Gasteiger charge is 2.34. The minimum Gasteiger partial charge on any atom is -1.00 e. The number of piperidine rings is 1. The van der Waals surface area contributed by atoms with Gasteiger partial charge in [-0.1, -0.05) is 30.3 Å². The molecule has 0 spiro atoms. The number of hydrogen-bond acceptors (Lipinski definition) is 2. The molecule has 1 aromatic rings. The van der Waals surface area contributed by atoms with Gasteiger partial charge in [-0.15, -0.1) is 0 Å². The van der Waals surface area contributed by atoms with Gasteiger partial charge in [-0.3, -0.25) is 4.79 Å². The van der Waals surface area contributed by atoms with Crippen molar-refractivity contribution in [3.05, 3.63) is 35.9 Å². The third kappa shape index (κ3) is 5.03. The molecule has 2 fully saturated rings. The maximum absolute atomic E-state index is 12.7. The second-order valence-electron chi connectivity index (χ2n) is 6.64. The van der Waals surface area contributed by atoms with E-state index in [0.29, 0.717) is 25.7 Å². The third-order valence-corrected chi connectivity index (χ3v) is 4.96. The second-order valence-corrected chi connectivity index (χ2v) is 6.64. The molecule has 23 heavy (non-hydrogen) atoms. The van der Waals surface area contributed by atoms with Crippen LogP contribution >= 0.6 is 0 Å².